The van der Waals surface area contributed by atoms with Crippen molar-refractivity contribution < 1.29 is 9.90 Å². The smallest absolute Gasteiger partial charge is 0.304 e. The molecule has 0 aromatic carbocycles. The molecule has 1 aliphatic heterocycles. The van der Waals surface area contributed by atoms with Crippen LogP contribution in [0.2, 0.25) is 0 Å². The van der Waals surface area contributed by atoms with Crippen LogP contribution in [-0.4, -0.2) is 45.6 Å². The van der Waals surface area contributed by atoms with Crippen molar-refractivity contribution in [3.8, 4) is 0 Å². The second kappa shape index (κ2) is 5.67. The van der Waals surface area contributed by atoms with Gasteiger partial charge in [0, 0.05) is 43.6 Å². The highest BCUT2D eigenvalue weighted by molar-refractivity contribution is 5.67. The van der Waals surface area contributed by atoms with Gasteiger partial charge in [-0.05, 0) is 31.5 Å². The normalized spacial score (nSPS) is 23.2. The van der Waals surface area contributed by atoms with Gasteiger partial charge in [-0.3, -0.25) is 14.7 Å². The third-order valence-corrected chi connectivity index (χ3v) is 3.48. The summed E-state index contributed by atoms with van der Waals surface area (Å²) >= 11 is 0. The number of pyridine rings is 1. The van der Waals surface area contributed by atoms with Gasteiger partial charge in [-0.1, -0.05) is 0 Å². The molecule has 2 heterocycles. The van der Waals surface area contributed by atoms with Crippen LogP contribution in [-0.2, 0) is 11.3 Å². The van der Waals surface area contributed by atoms with E-state index in [0.717, 1.165) is 13.1 Å². The molecule has 2 N–H and O–H groups in total. The number of carboxylic acids is 1. The van der Waals surface area contributed by atoms with Gasteiger partial charge < -0.3 is 10.4 Å². The summed E-state index contributed by atoms with van der Waals surface area (Å²) in [6, 6.07) is 4.00. The maximum atomic E-state index is 11.0. The molecule has 1 aromatic rings. The molecule has 0 radical (unpaired) electrons. The van der Waals surface area contributed by atoms with Gasteiger partial charge in [-0.25, -0.2) is 0 Å². The fourth-order valence-electron chi connectivity index (χ4n) is 2.53. The maximum Gasteiger partial charge on any atom is 0.304 e. The van der Waals surface area contributed by atoms with Gasteiger partial charge in [0.25, 0.3) is 0 Å². The minimum Gasteiger partial charge on any atom is -0.481 e. The highest BCUT2D eigenvalue weighted by Gasteiger charge is 2.33. The SMILES string of the molecule is CC1(C)CN(Cc2ccncc2)C(CC(=O)O)CN1. The van der Waals surface area contributed by atoms with Crippen molar-refractivity contribution in [2.45, 2.75) is 38.4 Å². The predicted molar refractivity (Wildman–Crippen MR) is 72.8 cm³/mol. The summed E-state index contributed by atoms with van der Waals surface area (Å²) in [5.41, 5.74) is 1.19. The number of aromatic nitrogens is 1. The Bertz CT molecular complexity index is 434. The summed E-state index contributed by atoms with van der Waals surface area (Å²) in [7, 11) is 0. The molecule has 0 bridgehead atoms. The van der Waals surface area contributed by atoms with E-state index in [1.54, 1.807) is 12.4 Å². The van der Waals surface area contributed by atoms with Crippen molar-refractivity contribution in [2.75, 3.05) is 13.1 Å². The minimum absolute atomic E-state index is 0.0159. The zero-order valence-corrected chi connectivity index (χ0v) is 11.5. The standard InChI is InChI=1S/C14H21N3O2/c1-14(2)10-17(9-11-3-5-15-6-4-11)12(8-16-14)7-13(18)19/h3-6,12,16H,7-10H2,1-2H3,(H,18,19). The number of piperazine rings is 1. The zero-order valence-electron chi connectivity index (χ0n) is 11.5. The van der Waals surface area contributed by atoms with Gasteiger partial charge in [0.05, 0.1) is 6.42 Å². The third kappa shape index (κ3) is 4.01. The van der Waals surface area contributed by atoms with Gasteiger partial charge >= 0.3 is 5.97 Å². The number of nitrogens with one attached hydrogen (secondary N) is 1. The maximum absolute atomic E-state index is 11.0. The molecule has 0 spiro atoms. The molecule has 19 heavy (non-hydrogen) atoms. The molecule has 104 valence electrons. The monoisotopic (exact) mass is 263 g/mol. The Morgan fingerprint density at radius 3 is 2.84 bits per heavy atom. The molecule has 0 aliphatic carbocycles. The number of rotatable bonds is 4. The lowest BCUT2D eigenvalue weighted by atomic mass is 9.96. The molecule has 5 heteroatoms. The molecular formula is C14H21N3O2. The Labute approximate surface area is 113 Å². The van der Waals surface area contributed by atoms with E-state index in [-0.39, 0.29) is 18.0 Å². The largest absolute Gasteiger partial charge is 0.481 e. The topological polar surface area (TPSA) is 65.5 Å². The van der Waals surface area contributed by atoms with Crippen LogP contribution in [0.1, 0.15) is 25.8 Å². The zero-order chi connectivity index (χ0) is 13.9. The minimum atomic E-state index is -0.744. The van der Waals surface area contributed by atoms with Crippen molar-refractivity contribution in [3.05, 3.63) is 30.1 Å². The first-order valence-electron chi connectivity index (χ1n) is 6.56. The quantitative estimate of drug-likeness (QED) is 0.852. The van der Waals surface area contributed by atoms with Crippen LogP contribution in [0.4, 0.5) is 0 Å². The van der Waals surface area contributed by atoms with Gasteiger partial charge in [-0.2, -0.15) is 0 Å². The summed E-state index contributed by atoms with van der Waals surface area (Å²) in [5, 5.41) is 12.4. The lowest BCUT2D eigenvalue weighted by Gasteiger charge is -2.44. The molecule has 1 aromatic heterocycles. The number of hydrogen-bond acceptors (Lipinski definition) is 4. The van der Waals surface area contributed by atoms with Crippen LogP contribution in [0, 0.1) is 0 Å². The highest BCUT2D eigenvalue weighted by atomic mass is 16.4. The lowest BCUT2D eigenvalue weighted by Crippen LogP contribution is -2.61. The van der Waals surface area contributed by atoms with E-state index < -0.39 is 5.97 Å². The van der Waals surface area contributed by atoms with E-state index in [1.165, 1.54) is 5.56 Å². The fraction of sp³-hybridized carbons (Fsp3) is 0.571. The predicted octanol–water partition coefficient (Wildman–Crippen LogP) is 1.11. The molecular weight excluding hydrogens is 242 g/mol. The first-order valence-corrected chi connectivity index (χ1v) is 6.56. The Morgan fingerprint density at radius 1 is 1.53 bits per heavy atom. The van der Waals surface area contributed by atoms with Gasteiger partial charge in [0.15, 0.2) is 0 Å². The molecule has 0 saturated carbocycles. The number of nitrogens with zero attached hydrogens (tertiary/aromatic N) is 2. The third-order valence-electron chi connectivity index (χ3n) is 3.48. The van der Waals surface area contributed by atoms with E-state index >= 15 is 0 Å². The van der Waals surface area contributed by atoms with Crippen LogP contribution < -0.4 is 5.32 Å². The molecule has 1 atom stereocenters. The number of hydrogen-bond donors (Lipinski definition) is 2. The summed E-state index contributed by atoms with van der Waals surface area (Å²) in [5.74, 6) is -0.744. The Kier molecular flexibility index (Phi) is 4.17. The van der Waals surface area contributed by atoms with E-state index in [2.05, 4.69) is 29.0 Å². The van der Waals surface area contributed by atoms with Crippen molar-refractivity contribution in [1.29, 1.82) is 0 Å². The van der Waals surface area contributed by atoms with Crippen LogP contribution in [0.5, 0.6) is 0 Å². The van der Waals surface area contributed by atoms with Crippen LogP contribution in [0.15, 0.2) is 24.5 Å². The van der Waals surface area contributed by atoms with Crippen molar-refractivity contribution in [2.24, 2.45) is 0 Å². The van der Waals surface area contributed by atoms with Crippen molar-refractivity contribution in [3.63, 3.8) is 0 Å². The Hall–Kier alpha value is -1.46. The molecule has 0 amide bonds. The number of aliphatic carboxylic acids is 1. The Morgan fingerprint density at radius 2 is 2.21 bits per heavy atom. The first-order chi connectivity index (χ1) is 8.96. The second-order valence-electron chi connectivity index (χ2n) is 5.78. The molecule has 1 aliphatic rings. The first kappa shape index (κ1) is 14.0. The van der Waals surface area contributed by atoms with Crippen molar-refractivity contribution >= 4 is 5.97 Å². The van der Waals surface area contributed by atoms with E-state index in [9.17, 15) is 4.79 Å². The lowest BCUT2D eigenvalue weighted by molar-refractivity contribution is -0.139. The Balaban J connectivity index is 2.09. The average Bonchev–Trinajstić information content (AvgIpc) is 2.33. The molecule has 1 unspecified atom stereocenters. The average molecular weight is 263 g/mol. The summed E-state index contributed by atoms with van der Waals surface area (Å²) in [6.07, 6.45) is 3.72. The summed E-state index contributed by atoms with van der Waals surface area (Å²) in [6.45, 7) is 6.61. The number of carbonyl (C=O) groups is 1. The number of carboxylic acid groups (broad SMARTS) is 1. The highest BCUT2D eigenvalue weighted by Crippen LogP contribution is 2.19. The van der Waals surface area contributed by atoms with Gasteiger partial charge in [0.2, 0.25) is 0 Å². The molecule has 1 saturated heterocycles. The summed E-state index contributed by atoms with van der Waals surface area (Å²) < 4.78 is 0. The van der Waals surface area contributed by atoms with Gasteiger partial charge in [0.1, 0.15) is 0 Å². The van der Waals surface area contributed by atoms with Crippen LogP contribution in [0.3, 0.4) is 0 Å². The molecule has 2 rings (SSSR count). The van der Waals surface area contributed by atoms with Gasteiger partial charge in [-0.15, -0.1) is 0 Å². The fourth-order valence-corrected chi connectivity index (χ4v) is 2.53. The summed E-state index contributed by atoms with van der Waals surface area (Å²) in [4.78, 5) is 17.2. The molecule has 5 nitrogen and oxygen atoms in total. The second-order valence-corrected chi connectivity index (χ2v) is 5.78. The van der Waals surface area contributed by atoms with Crippen LogP contribution in [0.25, 0.3) is 0 Å². The molecule has 1 fully saturated rings. The van der Waals surface area contributed by atoms with E-state index in [1.807, 2.05) is 12.1 Å². The van der Waals surface area contributed by atoms with E-state index in [0.29, 0.717) is 6.54 Å². The van der Waals surface area contributed by atoms with Crippen molar-refractivity contribution in [1.82, 2.24) is 15.2 Å². The van der Waals surface area contributed by atoms with Crippen LogP contribution >= 0.6 is 0 Å². The van der Waals surface area contributed by atoms with E-state index in [4.69, 9.17) is 5.11 Å².